The molecule has 0 saturated heterocycles. The fourth-order valence-electron chi connectivity index (χ4n) is 10.5. The maximum atomic E-state index is 6.88. The Hall–Kier alpha value is -9.18. The summed E-state index contributed by atoms with van der Waals surface area (Å²) in [6, 6.07) is 85.2. The van der Waals surface area contributed by atoms with Crippen LogP contribution in [0.5, 0.6) is 0 Å². The third-order valence-corrected chi connectivity index (χ3v) is 14.0. The second-order valence-electron chi connectivity index (χ2n) is 18.1. The Bertz CT molecular complexity index is 4350. The van der Waals surface area contributed by atoms with Gasteiger partial charge in [-0.1, -0.05) is 182 Å². The van der Waals surface area contributed by atoms with Crippen LogP contribution >= 0.6 is 0 Å². The van der Waals surface area contributed by atoms with Gasteiger partial charge in [-0.25, -0.2) is 4.98 Å². The molecule has 0 bridgehead atoms. The number of furan rings is 1. The van der Waals surface area contributed by atoms with Crippen molar-refractivity contribution >= 4 is 76.1 Å². The highest BCUT2D eigenvalue weighted by molar-refractivity contribution is 6.23. The van der Waals surface area contributed by atoms with Gasteiger partial charge < -0.3 is 4.42 Å². The zero-order valence-corrected chi connectivity index (χ0v) is 37.4. The molecule has 0 fully saturated rings. The van der Waals surface area contributed by atoms with Crippen LogP contribution in [-0.4, -0.2) is 9.97 Å². The predicted molar refractivity (Wildman–Crippen MR) is 289 cm³/mol. The summed E-state index contributed by atoms with van der Waals surface area (Å²) in [6.07, 6.45) is 1.92. The van der Waals surface area contributed by atoms with Crippen LogP contribution in [0.2, 0.25) is 0 Å². The summed E-state index contributed by atoms with van der Waals surface area (Å²) in [5, 5.41) is 11.7. The van der Waals surface area contributed by atoms with Crippen LogP contribution in [0, 0.1) is 0 Å². The van der Waals surface area contributed by atoms with Crippen molar-refractivity contribution in [3.05, 3.63) is 243 Å². The van der Waals surface area contributed by atoms with Crippen LogP contribution in [0.3, 0.4) is 0 Å². The minimum atomic E-state index is 0.848. The van der Waals surface area contributed by atoms with Crippen LogP contribution in [-0.2, 0) is 0 Å². The molecule has 0 amide bonds. The minimum Gasteiger partial charge on any atom is -0.455 e. The van der Waals surface area contributed by atoms with E-state index in [0.717, 1.165) is 99.5 Å². The van der Waals surface area contributed by atoms with Gasteiger partial charge in [-0.3, -0.25) is 4.98 Å². The molecular formula is C66H40N2O. The van der Waals surface area contributed by atoms with E-state index in [1.54, 1.807) is 0 Å². The van der Waals surface area contributed by atoms with Crippen LogP contribution < -0.4 is 0 Å². The highest BCUT2D eigenvalue weighted by Crippen LogP contribution is 2.43. The van der Waals surface area contributed by atoms with Gasteiger partial charge >= 0.3 is 0 Å². The molecule has 0 aliphatic carbocycles. The van der Waals surface area contributed by atoms with Crippen molar-refractivity contribution in [3.63, 3.8) is 0 Å². The topological polar surface area (TPSA) is 38.9 Å². The van der Waals surface area contributed by atoms with E-state index in [4.69, 9.17) is 14.4 Å². The molecule has 3 heteroatoms. The molecule has 14 aromatic rings. The molecule has 12 aromatic carbocycles. The molecule has 0 atom stereocenters. The van der Waals surface area contributed by atoms with E-state index in [-0.39, 0.29) is 0 Å². The molecule has 69 heavy (non-hydrogen) atoms. The number of hydrogen-bond acceptors (Lipinski definition) is 3. The van der Waals surface area contributed by atoms with Crippen molar-refractivity contribution in [3.8, 4) is 66.9 Å². The maximum absolute atomic E-state index is 6.88. The third-order valence-electron chi connectivity index (χ3n) is 14.0. The average molecular weight is 877 g/mol. The van der Waals surface area contributed by atoms with E-state index < -0.39 is 0 Å². The highest BCUT2D eigenvalue weighted by atomic mass is 16.3. The van der Waals surface area contributed by atoms with Crippen molar-refractivity contribution in [2.24, 2.45) is 0 Å². The largest absolute Gasteiger partial charge is 0.455 e. The van der Waals surface area contributed by atoms with Gasteiger partial charge in [0.05, 0.1) is 22.9 Å². The van der Waals surface area contributed by atoms with Gasteiger partial charge in [0.1, 0.15) is 11.2 Å². The molecule has 0 spiro atoms. The molecule has 0 unspecified atom stereocenters. The third kappa shape index (κ3) is 6.66. The Labute approximate surface area is 398 Å². The van der Waals surface area contributed by atoms with E-state index in [1.807, 2.05) is 6.20 Å². The number of benzene rings is 12. The summed E-state index contributed by atoms with van der Waals surface area (Å²) in [7, 11) is 0. The molecule has 0 N–H and O–H groups in total. The normalized spacial score (nSPS) is 11.8. The zero-order valence-electron chi connectivity index (χ0n) is 37.4. The lowest BCUT2D eigenvalue weighted by Gasteiger charge is -2.12. The van der Waals surface area contributed by atoms with E-state index in [1.165, 1.54) is 43.4 Å². The smallest absolute Gasteiger partial charge is 0.143 e. The first-order valence-corrected chi connectivity index (χ1v) is 23.5. The summed E-state index contributed by atoms with van der Waals surface area (Å²) < 4.78 is 6.88. The molecule has 2 aromatic heterocycles. The van der Waals surface area contributed by atoms with Crippen molar-refractivity contribution in [1.82, 2.24) is 9.97 Å². The van der Waals surface area contributed by atoms with Gasteiger partial charge in [-0.2, -0.15) is 0 Å². The van der Waals surface area contributed by atoms with Crippen LogP contribution in [0.4, 0.5) is 0 Å². The molecule has 2 heterocycles. The number of aromatic nitrogens is 2. The Morgan fingerprint density at radius 1 is 0.275 bits per heavy atom. The Balaban J connectivity index is 0.866. The van der Waals surface area contributed by atoms with E-state index in [0.29, 0.717) is 0 Å². The molecule has 0 aliphatic heterocycles. The standard InChI is InChI=1S/C66H40N2O/c1-3-14-43-32-49(28-26-41(43)12-1)51-30-31-63-60(37-51)61-39-54(50-29-27-42-13-2-4-15-44(42)33-50)38-59(66(61)69-63)52-20-10-18-47(35-52)45-16-9-17-46(34-45)48-19-11-21-53(36-48)62-40-67-64-57-24-7-5-22-55(57)56-23-6-8-25-58(56)65(64)68-62/h1-40H. The summed E-state index contributed by atoms with van der Waals surface area (Å²) in [5.41, 5.74) is 16.8. The lowest BCUT2D eigenvalue weighted by molar-refractivity contribution is 0.670. The van der Waals surface area contributed by atoms with Crippen molar-refractivity contribution in [2.75, 3.05) is 0 Å². The zero-order chi connectivity index (χ0) is 45.4. The van der Waals surface area contributed by atoms with Crippen molar-refractivity contribution in [1.29, 1.82) is 0 Å². The van der Waals surface area contributed by atoms with Gasteiger partial charge in [0.15, 0.2) is 0 Å². The fourth-order valence-corrected chi connectivity index (χ4v) is 10.5. The SMILES string of the molecule is c1cc(-c2cccc(-c3cnc4c5ccccc5c5ccccc5c4n3)c2)cc(-c2cccc(-c3cc(-c4ccc5ccccc5c4)cc4c3oc3ccc(-c5ccc6ccccc6c5)cc34)c2)c1. The Kier molecular flexibility index (Phi) is 8.90. The molecule has 3 nitrogen and oxygen atoms in total. The second-order valence-corrected chi connectivity index (χ2v) is 18.1. The summed E-state index contributed by atoms with van der Waals surface area (Å²) in [6.45, 7) is 0. The van der Waals surface area contributed by atoms with Gasteiger partial charge in [0, 0.05) is 32.7 Å². The number of hydrogen-bond donors (Lipinski definition) is 0. The Morgan fingerprint density at radius 3 is 1.39 bits per heavy atom. The van der Waals surface area contributed by atoms with E-state index in [9.17, 15) is 0 Å². The predicted octanol–water partition coefficient (Wildman–Crippen LogP) is 18.1. The number of rotatable bonds is 6. The van der Waals surface area contributed by atoms with Crippen LogP contribution in [0.1, 0.15) is 0 Å². The van der Waals surface area contributed by atoms with Gasteiger partial charge in [0.2, 0.25) is 0 Å². The minimum absolute atomic E-state index is 0.848. The van der Waals surface area contributed by atoms with E-state index in [2.05, 4.69) is 237 Å². The number of nitrogens with zero attached hydrogens (tertiary/aromatic N) is 2. The Morgan fingerprint density at radius 2 is 0.739 bits per heavy atom. The first-order chi connectivity index (χ1) is 34.1. The molecule has 14 rings (SSSR count). The molecule has 0 saturated carbocycles. The molecule has 320 valence electrons. The molecular weight excluding hydrogens is 837 g/mol. The van der Waals surface area contributed by atoms with Gasteiger partial charge in [-0.05, 0) is 137 Å². The van der Waals surface area contributed by atoms with Gasteiger partial charge in [0.25, 0.3) is 0 Å². The lowest BCUT2D eigenvalue weighted by Crippen LogP contribution is -1.92. The first kappa shape index (κ1) is 39.0. The summed E-state index contributed by atoms with van der Waals surface area (Å²) >= 11 is 0. The monoisotopic (exact) mass is 876 g/mol. The maximum Gasteiger partial charge on any atom is 0.143 e. The molecule has 0 radical (unpaired) electrons. The van der Waals surface area contributed by atoms with Crippen LogP contribution in [0.15, 0.2) is 247 Å². The van der Waals surface area contributed by atoms with E-state index >= 15 is 0 Å². The highest BCUT2D eigenvalue weighted by Gasteiger charge is 2.18. The van der Waals surface area contributed by atoms with Crippen LogP contribution in [0.25, 0.3) is 143 Å². The quantitative estimate of drug-likeness (QED) is 0.156. The second kappa shape index (κ2) is 15.7. The van der Waals surface area contributed by atoms with Crippen molar-refractivity contribution in [2.45, 2.75) is 0 Å². The summed E-state index contributed by atoms with van der Waals surface area (Å²) in [5.74, 6) is 0. The number of fused-ring (bicyclic) bond motifs is 11. The first-order valence-electron chi connectivity index (χ1n) is 23.5. The van der Waals surface area contributed by atoms with Crippen molar-refractivity contribution < 1.29 is 4.42 Å². The lowest BCUT2D eigenvalue weighted by atomic mass is 9.92. The fraction of sp³-hybridized carbons (Fsp3) is 0. The average Bonchev–Trinajstić information content (AvgIpc) is 3.80. The van der Waals surface area contributed by atoms with Gasteiger partial charge in [-0.15, -0.1) is 0 Å². The molecule has 0 aliphatic rings. The summed E-state index contributed by atoms with van der Waals surface area (Å²) in [4.78, 5) is 10.3.